The topological polar surface area (TPSA) is 62.5 Å². The first-order valence-corrected chi connectivity index (χ1v) is 8.25. The molecule has 2 aromatic heterocycles. The Morgan fingerprint density at radius 1 is 1.23 bits per heavy atom. The number of thiophene rings is 1. The van der Waals surface area contributed by atoms with Crippen LogP contribution in [0.5, 0.6) is 0 Å². The second-order valence-electron chi connectivity index (χ2n) is 5.56. The fourth-order valence-electron chi connectivity index (χ4n) is 2.89. The van der Waals surface area contributed by atoms with Crippen LogP contribution in [-0.4, -0.2) is 39.5 Å². The molecule has 22 heavy (non-hydrogen) atoms. The monoisotopic (exact) mass is 318 g/mol. The number of carboxylic acids is 1. The number of aromatic nitrogens is 1. The summed E-state index contributed by atoms with van der Waals surface area (Å²) >= 11 is 1.45. The Morgan fingerprint density at radius 3 is 2.55 bits per heavy atom. The molecule has 3 heterocycles. The zero-order chi connectivity index (χ0) is 15.5. The molecule has 6 heteroatoms. The van der Waals surface area contributed by atoms with Crippen molar-refractivity contribution in [2.24, 2.45) is 5.92 Å². The summed E-state index contributed by atoms with van der Waals surface area (Å²) in [5, 5.41) is 10.8. The van der Waals surface area contributed by atoms with E-state index in [2.05, 4.69) is 0 Å². The highest BCUT2D eigenvalue weighted by atomic mass is 32.1. The van der Waals surface area contributed by atoms with Crippen molar-refractivity contribution in [2.45, 2.75) is 19.3 Å². The molecule has 3 rings (SSSR count). The number of hydrogen-bond acceptors (Lipinski definition) is 3. The molecule has 2 aromatic rings. The summed E-state index contributed by atoms with van der Waals surface area (Å²) in [5.74, 6) is -0.515. The van der Waals surface area contributed by atoms with Crippen LogP contribution in [0, 0.1) is 5.92 Å². The van der Waals surface area contributed by atoms with Gasteiger partial charge in [0, 0.05) is 31.9 Å². The normalized spacial score (nSPS) is 15.9. The van der Waals surface area contributed by atoms with Crippen molar-refractivity contribution in [3.63, 3.8) is 0 Å². The van der Waals surface area contributed by atoms with E-state index in [1.807, 2.05) is 45.4 Å². The van der Waals surface area contributed by atoms with Gasteiger partial charge in [0.2, 0.25) is 0 Å². The number of carboxylic acid groups (broad SMARTS) is 1. The Bertz CT molecular complexity index is 655. The fourth-order valence-corrected chi connectivity index (χ4v) is 3.75. The van der Waals surface area contributed by atoms with E-state index in [0.29, 0.717) is 13.1 Å². The number of nitrogens with zero attached hydrogens (tertiary/aromatic N) is 2. The zero-order valence-corrected chi connectivity index (χ0v) is 13.0. The van der Waals surface area contributed by atoms with Gasteiger partial charge in [0.15, 0.2) is 0 Å². The number of hydrogen-bond donors (Lipinski definition) is 1. The fraction of sp³-hybridized carbons (Fsp3) is 0.375. The molecule has 1 fully saturated rings. The van der Waals surface area contributed by atoms with Crippen molar-refractivity contribution in [1.82, 2.24) is 9.47 Å². The average molecular weight is 318 g/mol. The van der Waals surface area contributed by atoms with Crippen molar-refractivity contribution in [2.75, 3.05) is 13.1 Å². The zero-order valence-electron chi connectivity index (χ0n) is 12.1. The third kappa shape index (κ3) is 3.06. The van der Waals surface area contributed by atoms with E-state index in [-0.39, 0.29) is 18.2 Å². The van der Waals surface area contributed by atoms with Gasteiger partial charge in [-0.2, -0.15) is 0 Å². The van der Waals surface area contributed by atoms with Gasteiger partial charge in [-0.1, -0.05) is 0 Å². The minimum Gasteiger partial charge on any atom is -0.481 e. The number of carbonyl (C=O) groups excluding carboxylic acids is 1. The summed E-state index contributed by atoms with van der Waals surface area (Å²) in [4.78, 5) is 26.1. The highest BCUT2D eigenvalue weighted by molar-refractivity contribution is 7.12. The van der Waals surface area contributed by atoms with Gasteiger partial charge in [-0.25, -0.2) is 0 Å². The van der Waals surface area contributed by atoms with E-state index in [0.717, 1.165) is 23.4 Å². The third-order valence-corrected chi connectivity index (χ3v) is 4.98. The molecule has 0 bridgehead atoms. The van der Waals surface area contributed by atoms with Crippen LogP contribution in [0.15, 0.2) is 36.0 Å². The Morgan fingerprint density at radius 2 is 1.91 bits per heavy atom. The van der Waals surface area contributed by atoms with Crippen LogP contribution in [-0.2, 0) is 4.79 Å². The van der Waals surface area contributed by atoms with Gasteiger partial charge in [-0.05, 0) is 42.3 Å². The van der Waals surface area contributed by atoms with Crippen molar-refractivity contribution < 1.29 is 14.7 Å². The molecule has 1 amide bonds. The molecule has 0 aliphatic carbocycles. The SMILES string of the molecule is O=C(O)CC1CCN(C(=O)c2sccc2-n2cccc2)CC1. The lowest BCUT2D eigenvalue weighted by Crippen LogP contribution is -2.38. The summed E-state index contributed by atoms with van der Waals surface area (Å²) < 4.78 is 1.95. The minimum atomic E-state index is -0.752. The van der Waals surface area contributed by atoms with Crippen molar-refractivity contribution in [3.05, 3.63) is 40.8 Å². The lowest BCUT2D eigenvalue weighted by molar-refractivity contribution is -0.138. The number of likely N-dealkylation sites (tertiary alicyclic amines) is 1. The molecule has 1 aliphatic rings. The van der Waals surface area contributed by atoms with Crippen LogP contribution in [0.25, 0.3) is 5.69 Å². The van der Waals surface area contributed by atoms with E-state index < -0.39 is 5.97 Å². The molecule has 0 aromatic carbocycles. The van der Waals surface area contributed by atoms with Gasteiger partial charge >= 0.3 is 5.97 Å². The van der Waals surface area contributed by atoms with Crippen molar-refractivity contribution in [1.29, 1.82) is 0 Å². The maximum absolute atomic E-state index is 12.7. The first-order valence-electron chi connectivity index (χ1n) is 7.37. The van der Waals surface area contributed by atoms with Crippen LogP contribution < -0.4 is 0 Å². The van der Waals surface area contributed by atoms with Gasteiger partial charge < -0.3 is 14.6 Å². The van der Waals surface area contributed by atoms with E-state index >= 15 is 0 Å². The van der Waals surface area contributed by atoms with Crippen molar-refractivity contribution in [3.8, 4) is 5.69 Å². The van der Waals surface area contributed by atoms with E-state index in [1.165, 1.54) is 11.3 Å². The van der Waals surface area contributed by atoms with Gasteiger partial charge in [-0.15, -0.1) is 11.3 Å². The minimum absolute atomic E-state index is 0.0486. The predicted octanol–water partition coefficient (Wildman–Crippen LogP) is 2.87. The Labute approximate surface area is 132 Å². The molecule has 1 N–H and O–H groups in total. The summed E-state index contributed by atoms with van der Waals surface area (Å²) in [7, 11) is 0. The van der Waals surface area contributed by atoms with Gasteiger partial charge in [0.1, 0.15) is 4.88 Å². The maximum atomic E-state index is 12.7. The highest BCUT2D eigenvalue weighted by Crippen LogP contribution is 2.26. The summed E-state index contributed by atoms with van der Waals surface area (Å²) in [6.45, 7) is 1.28. The predicted molar refractivity (Wildman–Crippen MR) is 84.5 cm³/mol. The molecular weight excluding hydrogens is 300 g/mol. The lowest BCUT2D eigenvalue weighted by Gasteiger charge is -2.31. The van der Waals surface area contributed by atoms with Gasteiger partial charge in [0.05, 0.1) is 5.69 Å². The maximum Gasteiger partial charge on any atom is 0.303 e. The van der Waals surface area contributed by atoms with Crippen molar-refractivity contribution >= 4 is 23.2 Å². The molecule has 5 nitrogen and oxygen atoms in total. The van der Waals surface area contributed by atoms with E-state index in [1.54, 1.807) is 0 Å². The van der Waals surface area contributed by atoms with Crippen LogP contribution in [0.4, 0.5) is 0 Å². The third-order valence-electron chi connectivity index (χ3n) is 4.09. The number of piperidine rings is 1. The molecule has 1 saturated heterocycles. The molecule has 0 saturated carbocycles. The first-order chi connectivity index (χ1) is 10.6. The number of rotatable bonds is 4. The molecule has 0 atom stereocenters. The number of amides is 1. The quantitative estimate of drug-likeness (QED) is 0.943. The van der Waals surface area contributed by atoms with E-state index in [9.17, 15) is 9.59 Å². The molecule has 1 aliphatic heterocycles. The Hall–Kier alpha value is -2.08. The van der Waals surface area contributed by atoms with Crippen LogP contribution in [0.2, 0.25) is 0 Å². The molecule has 116 valence electrons. The standard InChI is InChI=1S/C16H18N2O3S/c19-14(20)11-12-3-8-18(9-4-12)16(21)15-13(5-10-22-15)17-6-1-2-7-17/h1-2,5-7,10,12H,3-4,8-9,11H2,(H,19,20). The Balaban J connectivity index is 1.69. The van der Waals surface area contributed by atoms with Gasteiger partial charge in [0.25, 0.3) is 5.91 Å². The first kappa shape index (κ1) is 14.8. The van der Waals surface area contributed by atoms with Gasteiger partial charge in [-0.3, -0.25) is 9.59 Å². The summed E-state index contributed by atoms with van der Waals surface area (Å²) in [5.41, 5.74) is 0.910. The second kappa shape index (κ2) is 6.36. The molecule has 0 unspecified atom stereocenters. The number of carbonyl (C=O) groups is 2. The number of aliphatic carboxylic acids is 1. The largest absolute Gasteiger partial charge is 0.481 e. The summed E-state index contributed by atoms with van der Waals surface area (Å²) in [6.07, 6.45) is 5.59. The van der Waals surface area contributed by atoms with Crippen LogP contribution >= 0.6 is 11.3 Å². The summed E-state index contributed by atoms with van der Waals surface area (Å²) in [6, 6.07) is 5.82. The second-order valence-corrected chi connectivity index (χ2v) is 6.47. The van der Waals surface area contributed by atoms with Crippen LogP contribution in [0.1, 0.15) is 28.9 Å². The molecular formula is C16H18N2O3S. The lowest BCUT2D eigenvalue weighted by atomic mass is 9.93. The Kier molecular flexibility index (Phi) is 4.29. The molecule has 0 radical (unpaired) electrons. The average Bonchev–Trinajstić information content (AvgIpc) is 3.17. The smallest absolute Gasteiger partial charge is 0.303 e. The van der Waals surface area contributed by atoms with Crippen LogP contribution in [0.3, 0.4) is 0 Å². The highest BCUT2D eigenvalue weighted by Gasteiger charge is 2.27. The molecule has 0 spiro atoms. The van der Waals surface area contributed by atoms with E-state index in [4.69, 9.17) is 5.11 Å².